The normalized spacial score (nSPS) is 15.7. The zero-order valence-corrected chi connectivity index (χ0v) is 31.0. The van der Waals surface area contributed by atoms with E-state index in [1.54, 1.807) is 0 Å². The van der Waals surface area contributed by atoms with Gasteiger partial charge in [-0.25, -0.2) is 0 Å². The van der Waals surface area contributed by atoms with E-state index < -0.39 is 12.0 Å². The SMILES string of the molecule is [B]C(=C)/C([B])=C(/C1=C([B])C(n2c3c([B])c([B])c([B])c([B])c3c3c([B])c([B])c([B])c([B])c32)C([B])=C1[B])C([B])n1c2c([B])c([B])c([B])c([B])c2c2c([B])c([B])c([B])c([B])c21. The van der Waals surface area contributed by atoms with Gasteiger partial charge in [0.1, 0.15) is 173 Å². The lowest BCUT2D eigenvalue weighted by Crippen LogP contribution is -2.49. The molecular formula is C34H4B22N2. The topological polar surface area (TPSA) is 9.86 Å². The summed E-state index contributed by atoms with van der Waals surface area (Å²) in [5, 5.41) is 0.851. The Morgan fingerprint density at radius 3 is 1.03 bits per heavy atom. The first-order valence-electron chi connectivity index (χ1n) is 17.0. The molecule has 7 rings (SSSR count). The molecule has 2 nitrogen and oxygen atoms in total. The van der Waals surface area contributed by atoms with Crippen LogP contribution in [0.25, 0.3) is 43.6 Å². The molecule has 1 aliphatic carbocycles. The molecule has 2 aromatic heterocycles. The molecule has 0 spiro atoms. The molecule has 1 aliphatic rings. The molecule has 4 aromatic carbocycles. The second kappa shape index (κ2) is 14.5. The monoisotopic (exact) mass is 682 g/mol. The minimum absolute atomic E-state index is 0.000980. The molecule has 6 aromatic rings. The van der Waals surface area contributed by atoms with Crippen molar-refractivity contribution in [2.45, 2.75) is 12.0 Å². The molecule has 2 heterocycles. The van der Waals surface area contributed by atoms with Crippen molar-refractivity contribution in [3.8, 4) is 0 Å². The van der Waals surface area contributed by atoms with Crippen molar-refractivity contribution in [2.75, 3.05) is 0 Å². The van der Waals surface area contributed by atoms with Gasteiger partial charge < -0.3 is 9.13 Å². The molecule has 0 fully saturated rings. The van der Waals surface area contributed by atoms with Gasteiger partial charge in [0.05, 0.1) is 6.04 Å². The van der Waals surface area contributed by atoms with Crippen LogP contribution in [0.1, 0.15) is 12.0 Å². The molecule has 0 saturated heterocycles. The van der Waals surface area contributed by atoms with Crippen LogP contribution < -0.4 is 87.4 Å². The van der Waals surface area contributed by atoms with Crippen LogP contribution in [0.5, 0.6) is 0 Å². The molecule has 216 valence electrons. The van der Waals surface area contributed by atoms with Crippen molar-refractivity contribution >= 4 is 304 Å². The van der Waals surface area contributed by atoms with Crippen molar-refractivity contribution in [3.05, 3.63) is 45.1 Å². The zero-order valence-electron chi connectivity index (χ0n) is 31.0. The van der Waals surface area contributed by atoms with Crippen molar-refractivity contribution in [3.63, 3.8) is 0 Å². The summed E-state index contributed by atoms with van der Waals surface area (Å²) < 4.78 is 2.96. The lowest BCUT2D eigenvalue weighted by atomic mass is 9.63. The van der Waals surface area contributed by atoms with E-state index in [-0.39, 0.29) is 170 Å². The average Bonchev–Trinajstić information content (AvgIpc) is 3.80. The second-order valence-corrected chi connectivity index (χ2v) is 14.2. The third kappa shape index (κ3) is 5.50. The van der Waals surface area contributed by atoms with Gasteiger partial charge in [-0.05, 0) is 32.7 Å². The van der Waals surface area contributed by atoms with Crippen LogP contribution in [0.4, 0.5) is 0 Å². The summed E-state index contributed by atoms with van der Waals surface area (Å²) in [6, 6.07) is -1.25. The maximum absolute atomic E-state index is 7.27. The summed E-state index contributed by atoms with van der Waals surface area (Å²) in [4.78, 5) is 0. The zero-order chi connectivity index (χ0) is 43.2. The Bertz CT molecular complexity index is 2900. The van der Waals surface area contributed by atoms with Gasteiger partial charge in [0.2, 0.25) is 0 Å². The van der Waals surface area contributed by atoms with Crippen LogP contribution in [0.3, 0.4) is 0 Å². The van der Waals surface area contributed by atoms with E-state index in [2.05, 4.69) is 6.58 Å². The number of benzene rings is 4. The van der Waals surface area contributed by atoms with Crippen LogP contribution in [0.2, 0.25) is 0 Å². The van der Waals surface area contributed by atoms with E-state index in [9.17, 15) is 0 Å². The van der Waals surface area contributed by atoms with Crippen LogP contribution in [-0.2, 0) is 0 Å². The van der Waals surface area contributed by atoms with Gasteiger partial charge in [-0.3, -0.25) is 0 Å². The van der Waals surface area contributed by atoms with Crippen molar-refractivity contribution in [2.24, 2.45) is 0 Å². The third-order valence-electron chi connectivity index (χ3n) is 11.2. The number of allylic oxidation sites excluding steroid dienone is 7. The van der Waals surface area contributed by atoms with Gasteiger partial charge in [0.15, 0.2) is 0 Å². The summed E-state index contributed by atoms with van der Waals surface area (Å²) in [5.41, 5.74) is -0.755. The molecule has 0 bridgehead atoms. The average molecular weight is 678 g/mol. The third-order valence-corrected chi connectivity index (χ3v) is 11.2. The maximum atomic E-state index is 7.27. The van der Waals surface area contributed by atoms with Crippen LogP contribution in [0.15, 0.2) is 45.1 Å². The van der Waals surface area contributed by atoms with E-state index in [4.69, 9.17) is 173 Å². The number of rotatable bonds is 5. The van der Waals surface area contributed by atoms with Crippen molar-refractivity contribution in [1.82, 2.24) is 9.13 Å². The molecule has 0 saturated carbocycles. The largest absolute Gasteiger partial charge is 0.343 e. The molecule has 0 aliphatic heterocycles. The van der Waals surface area contributed by atoms with Gasteiger partial charge in [0, 0.05) is 28.0 Å². The van der Waals surface area contributed by atoms with E-state index in [1.807, 2.05) is 0 Å². The molecule has 0 amide bonds. The summed E-state index contributed by atoms with van der Waals surface area (Å²) in [5.74, 6) is -1.50. The Hall–Kier alpha value is -3.13. The number of fused-ring (bicyclic) bond motifs is 6. The highest BCUT2D eigenvalue weighted by molar-refractivity contribution is 6.73. The minimum atomic E-state index is -1.50. The van der Waals surface area contributed by atoms with E-state index in [1.165, 1.54) is 9.13 Å². The first-order chi connectivity index (χ1) is 26.9. The lowest BCUT2D eigenvalue weighted by Gasteiger charge is -2.30. The van der Waals surface area contributed by atoms with Crippen LogP contribution in [0, 0.1) is 0 Å². The summed E-state index contributed by atoms with van der Waals surface area (Å²) in [7, 11) is 145. The van der Waals surface area contributed by atoms with Gasteiger partial charge in [-0.1, -0.05) is 65.6 Å². The Morgan fingerprint density at radius 1 is 0.414 bits per heavy atom. The van der Waals surface area contributed by atoms with Crippen LogP contribution in [-0.4, -0.2) is 182 Å². The lowest BCUT2D eigenvalue weighted by molar-refractivity contribution is 0.763. The fourth-order valence-electron chi connectivity index (χ4n) is 8.11. The van der Waals surface area contributed by atoms with E-state index in [0.29, 0.717) is 0 Å². The highest BCUT2D eigenvalue weighted by atomic mass is 15.0. The minimum Gasteiger partial charge on any atom is -0.343 e. The fourth-order valence-corrected chi connectivity index (χ4v) is 8.11. The van der Waals surface area contributed by atoms with E-state index >= 15 is 0 Å². The van der Waals surface area contributed by atoms with Gasteiger partial charge in [-0.15, -0.1) is 55.8 Å². The maximum Gasteiger partial charge on any atom is 0.115 e. The summed E-state index contributed by atoms with van der Waals surface area (Å²) >= 11 is 0. The molecule has 24 heteroatoms. The predicted octanol–water partition coefficient (Wildman–Crippen LogP) is -13.4. The van der Waals surface area contributed by atoms with Crippen LogP contribution >= 0.6 is 0 Å². The second-order valence-electron chi connectivity index (χ2n) is 14.2. The smallest absolute Gasteiger partial charge is 0.115 e. The molecule has 2 atom stereocenters. The van der Waals surface area contributed by atoms with Gasteiger partial charge in [-0.2, -0.15) is 0 Å². The highest BCUT2D eigenvalue weighted by Crippen LogP contribution is 2.46. The Morgan fingerprint density at radius 2 is 0.707 bits per heavy atom. The number of aromatic nitrogens is 2. The number of nitrogens with zero attached hydrogens (tertiary/aromatic N) is 2. The first kappa shape index (κ1) is 43.0. The summed E-state index contributed by atoms with van der Waals surface area (Å²) in [6.07, 6.45) is 0. The molecule has 2 unspecified atom stereocenters. The predicted molar refractivity (Wildman–Crippen MR) is 268 cm³/mol. The first-order valence-corrected chi connectivity index (χ1v) is 17.0. The summed E-state index contributed by atoms with van der Waals surface area (Å²) in [6.45, 7) is 3.85. The number of hydrogen-bond donors (Lipinski definition) is 0. The standard InChI is InChI=1S/C34H4B22N2/c1-2(35)9(36)8(34(56)58-31-6(13(40)18(45)22(49)27(31)54)7-14(41)19(46)23(50)28(55)32(7)58)3-10(37)24(51)33(15(3)42)57-29-4(11(38)16(43)20(47)25(29)52)5-12(39)17(44)21(48)26(53)30(5)57/h33-34H,1H2/b9-8+. The highest BCUT2D eigenvalue weighted by Gasteiger charge is 2.35. The Balaban J connectivity index is 1.66. The molecular weight excluding hydrogens is 674 g/mol. The van der Waals surface area contributed by atoms with Gasteiger partial charge in [0.25, 0.3) is 0 Å². The molecule has 0 N–H and O–H groups in total. The quantitative estimate of drug-likeness (QED) is 0.127. The molecule has 58 heavy (non-hydrogen) atoms. The Labute approximate surface area is 367 Å². The van der Waals surface area contributed by atoms with Gasteiger partial charge >= 0.3 is 0 Å². The fraction of sp³-hybridized carbons (Fsp3) is 0.0588. The molecule has 44 radical (unpaired) electrons. The van der Waals surface area contributed by atoms with E-state index in [0.717, 1.165) is 0 Å². The van der Waals surface area contributed by atoms with Crippen molar-refractivity contribution in [1.29, 1.82) is 0 Å². The Kier molecular flexibility index (Phi) is 10.8. The number of hydrogen-bond acceptors (Lipinski definition) is 0. The van der Waals surface area contributed by atoms with Crippen molar-refractivity contribution < 1.29 is 0 Å².